The van der Waals surface area contributed by atoms with Crippen molar-refractivity contribution in [1.82, 2.24) is 0 Å². The smallest absolute Gasteiger partial charge is 0.239 e. The van der Waals surface area contributed by atoms with Gasteiger partial charge in [0.15, 0.2) is 0 Å². The van der Waals surface area contributed by atoms with Crippen LogP contribution in [0.5, 0.6) is 5.75 Å². The van der Waals surface area contributed by atoms with Crippen molar-refractivity contribution in [3.8, 4) is 5.75 Å². The highest BCUT2D eigenvalue weighted by atomic mass is 35.5. The van der Waals surface area contributed by atoms with E-state index in [9.17, 15) is 9.59 Å². The zero-order chi connectivity index (χ0) is 18.6. The van der Waals surface area contributed by atoms with Gasteiger partial charge in [0.05, 0.1) is 12.8 Å². The van der Waals surface area contributed by atoms with E-state index in [4.69, 9.17) is 27.9 Å². The summed E-state index contributed by atoms with van der Waals surface area (Å²) >= 11 is 11.8. The number of methoxy groups -OCH3 is 1. The van der Waals surface area contributed by atoms with E-state index in [2.05, 4.69) is 10.6 Å². The highest BCUT2D eigenvalue weighted by Gasteiger charge is 2.36. The van der Waals surface area contributed by atoms with Crippen LogP contribution >= 0.6 is 23.2 Å². The molecule has 25 heavy (non-hydrogen) atoms. The number of halogens is 2. The average molecular weight is 381 g/mol. The summed E-state index contributed by atoms with van der Waals surface area (Å²) in [6.07, 6.45) is 0. The Kier molecular flexibility index (Phi) is 5.93. The maximum Gasteiger partial charge on any atom is 0.239 e. The largest absolute Gasteiger partial charge is 0.495 e. The predicted molar refractivity (Wildman–Crippen MR) is 100 cm³/mol. The molecule has 5 nitrogen and oxygen atoms in total. The fourth-order valence-corrected chi connectivity index (χ4v) is 2.28. The summed E-state index contributed by atoms with van der Waals surface area (Å²) in [5, 5.41) is 6.39. The van der Waals surface area contributed by atoms with Crippen molar-refractivity contribution < 1.29 is 14.3 Å². The molecule has 2 rings (SSSR count). The lowest BCUT2D eigenvalue weighted by atomic mass is 9.90. The van der Waals surface area contributed by atoms with Crippen LogP contribution < -0.4 is 15.4 Å². The lowest BCUT2D eigenvalue weighted by Gasteiger charge is -2.23. The van der Waals surface area contributed by atoms with Gasteiger partial charge in [-0.3, -0.25) is 9.59 Å². The second kappa shape index (κ2) is 7.76. The number of carbonyl (C=O) groups is 2. The fourth-order valence-electron chi connectivity index (χ4n) is 1.98. The molecule has 2 N–H and O–H groups in total. The van der Waals surface area contributed by atoms with Gasteiger partial charge >= 0.3 is 0 Å². The van der Waals surface area contributed by atoms with E-state index in [-0.39, 0.29) is 0 Å². The van der Waals surface area contributed by atoms with E-state index in [1.165, 1.54) is 21.0 Å². The number of ether oxygens (including phenoxy) is 1. The maximum atomic E-state index is 12.6. The minimum absolute atomic E-state index is 0.396. The van der Waals surface area contributed by atoms with Crippen molar-refractivity contribution in [3.63, 3.8) is 0 Å². The summed E-state index contributed by atoms with van der Waals surface area (Å²) in [6, 6.07) is 11.5. The van der Waals surface area contributed by atoms with Crippen LogP contribution in [-0.4, -0.2) is 18.9 Å². The van der Waals surface area contributed by atoms with Gasteiger partial charge in [-0.15, -0.1) is 0 Å². The first-order valence-electron chi connectivity index (χ1n) is 7.46. The van der Waals surface area contributed by atoms with E-state index >= 15 is 0 Å². The summed E-state index contributed by atoms with van der Waals surface area (Å²) in [5.74, 6) is -0.487. The minimum atomic E-state index is -1.33. The molecule has 2 aromatic rings. The monoisotopic (exact) mass is 380 g/mol. The minimum Gasteiger partial charge on any atom is -0.495 e. The molecule has 0 radical (unpaired) electrons. The van der Waals surface area contributed by atoms with Gasteiger partial charge in [0.1, 0.15) is 11.2 Å². The quantitative estimate of drug-likeness (QED) is 0.744. The Labute approximate surface area is 156 Å². The predicted octanol–water partition coefficient (Wildman–Crippen LogP) is 4.61. The molecule has 0 aliphatic carbocycles. The van der Waals surface area contributed by atoms with E-state index < -0.39 is 17.2 Å². The van der Waals surface area contributed by atoms with Gasteiger partial charge < -0.3 is 15.4 Å². The first-order chi connectivity index (χ1) is 11.7. The zero-order valence-corrected chi connectivity index (χ0v) is 15.5. The molecular weight excluding hydrogens is 363 g/mol. The van der Waals surface area contributed by atoms with Crippen LogP contribution in [0.25, 0.3) is 0 Å². The van der Waals surface area contributed by atoms with Crippen molar-refractivity contribution in [3.05, 3.63) is 52.5 Å². The number of hydrogen-bond donors (Lipinski definition) is 2. The van der Waals surface area contributed by atoms with Crippen molar-refractivity contribution in [2.75, 3.05) is 17.7 Å². The number of rotatable bonds is 5. The summed E-state index contributed by atoms with van der Waals surface area (Å²) in [5.41, 5.74) is -0.379. The second-order valence-electron chi connectivity index (χ2n) is 5.88. The van der Waals surface area contributed by atoms with Gasteiger partial charge in [-0.05, 0) is 56.3 Å². The Hall–Kier alpha value is -2.24. The van der Waals surface area contributed by atoms with Crippen LogP contribution in [0.2, 0.25) is 10.0 Å². The molecule has 0 heterocycles. The highest BCUT2D eigenvalue weighted by molar-refractivity contribution is 6.31. The summed E-state index contributed by atoms with van der Waals surface area (Å²) in [4.78, 5) is 25.1. The number of anilines is 2. The molecule has 132 valence electrons. The Morgan fingerprint density at radius 1 is 0.920 bits per heavy atom. The Bertz CT molecular complexity index is 789. The van der Waals surface area contributed by atoms with Crippen LogP contribution in [0, 0.1) is 5.41 Å². The molecule has 0 atom stereocenters. The third-order valence-corrected chi connectivity index (χ3v) is 4.13. The van der Waals surface area contributed by atoms with Gasteiger partial charge in [-0.2, -0.15) is 0 Å². The lowest BCUT2D eigenvalue weighted by Crippen LogP contribution is -2.41. The summed E-state index contributed by atoms with van der Waals surface area (Å²) < 4.78 is 5.19. The summed E-state index contributed by atoms with van der Waals surface area (Å²) in [7, 11) is 1.48. The van der Waals surface area contributed by atoms with Crippen LogP contribution in [0.3, 0.4) is 0 Å². The van der Waals surface area contributed by atoms with Crippen LogP contribution in [-0.2, 0) is 9.59 Å². The molecule has 0 fully saturated rings. The first kappa shape index (κ1) is 19.1. The van der Waals surface area contributed by atoms with E-state index in [1.807, 2.05) is 0 Å². The number of nitrogens with one attached hydrogen (secondary N) is 2. The molecule has 0 spiro atoms. The third-order valence-electron chi connectivity index (χ3n) is 3.65. The van der Waals surface area contributed by atoms with Gasteiger partial charge in [0, 0.05) is 15.7 Å². The topological polar surface area (TPSA) is 67.4 Å². The molecular formula is C18H18Cl2N2O3. The van der Waals surface area contributed by atoms with Crippen LogP contribution in [0.4, 0.5) is 11.4 Å². The molecule has 0 aliphatic heterocycles. The highest BCUT2D eigenvalue weighted by Crippen LogP contribution is 2.30. The van der Waals surface area contributed by atoms with Crippen molar-refractivity contribution in [1.29, 1.82) is 0 Å². The van der Waals surface area contributed by atoms with Crippen molar-refractivity contribution >= 4 is 46.4 Å². The number of hydrogen-bond acceptors (Lipinski definition) is 3. The standard InChI is InChI=1S/C18H18Cl2N2O3/c1-18(2,16(23)21-13-7-4-11(19)5-8-13)17(24)22-14-10-12(20)6-9-15(14)25-3/h4-10H,1-3H3,(H,21,23)(H,22,24). The van der Waals surface area contributed by atoms with Gasteiger partial charge in [0.2, 0.25) is 11.8 Å². The molecule has 0 saturated carbocycles. The first-order valence-corrected chi connectivity index (χ1v) is 8.21. The molecule has 0 unspecified atom stereocenters. The Morgan fingerprint density at radius 2 is 1.48 bits per heavy atom. The lowest BCUT2D eigenvalue weighted by molar-refractivity contribution is -0.135. The molecule has 2 aromatic carbocycles. The summed E-state index contributed by atoms with van der Waals surface area (Å²) in [6.45, 7) is 3.06. The SMILES string of the molecule is COc1ccc(Cl)cc1NC(=O)C(C)(C)C(=O)Nc1ccc(Cl)cc1. The van der Waals surface area contributed by atoms with E-state index in [0.717, 1.165) is 0 Å². The van der Waals surface area contributed by atoms with Gasteiger partial charge in [0.25, 0.3) is 0 Å². The molecule has 0 aromatic heterocycles. The van der Waals surface area contributed by atoms with Crippen molar-refractivity contribution in [2.24, 2.45) is 5.41 Å². The maximum absolute atomic E-state index is 12.6. The third kappa shape index (κ3) is 4.65. The van der Waals surface area contributed by atoms with Crippen LogP contribution in [0.15, 0.2) is 42.5 Å². The van der Waals surface area contributed by atoms with E-state index in [0.29, 0.717) is 27.2 Å². The number of carbonyl (C=O) groups excluding carboxylic acids is 2. The fraction of sp³-hybridized carbons (Fsp3) is 0.222. The normalized spacial score (nSPS) is 10.9. The Morgan fingerprint density at radius 3 is 2.08 bits per heavy atom. The number of amides is 2. The van der Waals surface area contributed by atoms with Crippen LogP contribution in [0.1, 0.15) is 13.8 Å². The molecule has 2 amide bonds. The molecule has 0 bridgehead atoms. The zero-order valence-electron chi connectivity index (χ0n) is 14.0. The van der Waals surface area contributed by atoms with Crippen molar-refractivity contribution in [2.45, 2.75) is 13.8 Å². The van der Waals surface area contributed by atoms with E-state index in [1.54, 1.807) is 42.5 Å². The molecule has 7 heteroatoms. The second-order valence-corrected chi connectivity index (χ2v) is 6.76. The molecule has 0 saturated heterocycles. The molecule has 0 aliphatic rings. The Balaban J connectivity index is 2.15. The van der Waals surface area contributed by atoms with Gasteiger partial charge in [-0.25, -0.2) is 0 Å². The van der Waals surface area contributed by atoms with Gasteiger partial charge in [-0.1, -0.05) is 23.2 Å². The average Bonchev–Trinajstić information content (AvgIpc) is 2.57. The number of benzene rings is 2.